The predicted octanol–water partition coefficient (Wildman–Crippen LogP) is 3.40. The lowest BCUT2D eigenvalue weighted by atomic mass is 10.2. The Labute approximate surface area is 88.0 Å². The van der Waals surface area contributed by atoms with Crippen molar-refractivity contribution in [3.8, 4) is 0 Å². The minimum Gasteiger partial charge on any atom is -0.345 e. The highest BCUT2D eigenvalue weighted by molar-refractivity contribution is 9.10. The monoisotopic (exact) mass is 257 g/mol. The Hall–Kier alpha value is -0.800. The minimum absolute atomic E-state index is 0.386. The molecule has 0 aliphatic carbocycles. The number of hydrogen-bond acceptors (Lipinski definition) is 1. The van der Waals surface area contributed by atoms with Gasteiger partial charge in [0.25, 0.3) is 0 Å². The highest BCUT2D eigenvalue weighted by Crippen LogP contribution is 2.30. The standard InChI is InChI=1S/C9H5BrClNO/c10-6-2-1-3-7-8(6)5(4-13)9(11)12-7/h1-4,12H. The maximum absolute atomic E-state index is 10.7. The lowest BCUT2D eigenvalue weighted by Gasteiger charge is -1.93. The lowest BCUT2D eigenvalue weighted by molar-refractivity contribution is 0.112. The average Bonchev–Trinajstić information content (AvgIpc) is 2.42. The number of nitrogens with one attached hydrogen (secondary N) is 1. The number of carbonyl (C=O) groups excluding carboxylic acids is 1. The maximum atomic E-state index is 10.7. The number of carbonyl (C=O) groups is 1. The zero-order valence-corrected chi connectivity index (χ0v) is 8.82. The van der Waals surface area contributed by atoms with Crippen LogP contribution in [0.1, 0.15) is 10.4 Å². The molecule has 1 aromatic carbocycles. The molecule has 1 aromatic heterocycles. The summed E-state index contributed by atoms with van der Waals surface area (Å²) >= 11 is 9.20. The summed E-state index contributed by atoms with van der Waals surface area (Å²) in [6, 6.07) is 5.63. The number of aromatic amines is 1. The van der Waals surface area contributed by atoms with Crippen LogP contribution in [0.3, 0.4) is 0 Å². The van der Waals surface area contributed by atoms with E-state index < -0.39 is 0 Å². The van der Waals surface area contributed by atoms with Gasteiger partial charge in [0.1, 0.15) is 5.15 Å². The van der Waals surface area contributed by atoms with Crippen LogP contribution in [0.25, 0.3) is 10.9 Å². The van der Waals surface area contributed by atoms with Crippen LogP contribution in [0, 0.1) is 0 Å². The van der Waals surface area contributed by atoms with E-state index in [0.717, 1.165) is 21.7 Å². The van der Waals surface area contributed by atoms with Crippen molar-refractivity contribution in [1.29, 1.82) is 0 Å². The van der Waals surface area contributed by atoms with Gasteiger partial charge in [0, 0.05) is 15.4 Å². The third kappa shape index (κ3) is 1.28. The first kappa shape index (κ1) is 8.78. The molecule has 0 fully saturated rings. The normalized spacial score (nSPS) is 10.6. The maximum Gasteiger partial charge on any atom is 0.153 e. The molecule has 2 nitrogen and oxygen atoms in total. The molecule has 0 aliphatic heterocycles. The Morgan fingerprint density at radius 3 is 2.92 bits per heavy atom. The van der Waals surface area contributed by atoms with E-state index in [4.69, 9.17) is 11.6 Å². The molecule has 0 spiro atoms. The summed E-state index contributed by atoms with van der Waals surface area (Å²) in [6.45, 7) is 0. The van der Waals surface area contributed by atoms with Crippen molar-refractivity contribution in [3.63, 3.8) is 0 Å². The van der Waals surface area contributed by atoms with Gasteiger partial charge in [-0.2, -0.15) is 0 Å². The van der Waals surface area contributed by atoms with Crippen LogP contribution >= 0.6 is 27.5 Å². The molecular weight excluding hydrogens is 253 g/mol. The molecule has 0 aliphatic rings. The van der Waals surface area contributed by atoms with Gasteiger partial charge >= 0.3 is 0 Å². The fourth-order valence-electron chi connectivity index (χ4n) is 1.31. The Morgan fingerprint density at radius 2 is 2.23 bits per heavy atom. The fraction of sp³-hybridized carbons (Fsp3) is 0. The average molecular weight is 259 g/mol. The van der Waals surface area contributed by atoms with Crippen LogP contribution in [0.5, 0.6) is 0 Å². The molecule has 2 rings (SSSR count). The van der Waals surface area contributed by atoms with E-state index in [2.05, 4.69) is 20.9 Å². The first-order valence-corrected chi connectivity index (χ1v) is 4.82. The zero-order valence-electron chi connectivity index (χ0n) is 6.47. The number of H-pyrrole nitrogens is 1. The Kier molecular flexibility index (Phi) is 2.14. The van der Waals surface area contributed by atoms with Crippen LogP contribution in [-0.2, 0) is 0 Å². The quantitative estimate of drug-likeness (QED) is 0.781. The van der Waals surface area contributed by atoms with E-state index in [0.29, 0.717) is 10.7 Å². The van der Waals surface area contributed by atoms with Crippen molar-refractivity contribution >= 4 is 44.7 Å². The summed E-state index contributed by atoms with van der Waals surface area (Å²) in [7, 11) is 0. The number of fused-ring (bicyclic) bond motifs is 1. The van der Waals surface area contributed by atoms with Gasteiger partial charge in [-0.1, -0.05) is 33.6 Å². The molecule has 0 saturated heterocycles. The molecular formula is C9H5BrClNO. The number of aldehydes is 1. The number of aromatic nitrogens is 1. The molecule has 0 saturated carbocycles. The van der Waals surface area contributed by atoms with Crippen molar-refractivity contribution in [2.45, 2.75) is 0 Å². The van der Waals surface area contributed by atoms with Gasteiger partial charge in [-0.05, 0) is 12.1 Å². The highest BCUT2D eigenvalue weighted by Gasteiger charge is 2.10. The van der Waals surface area contributed by atoms with Crippen molar-refractivity contribution in [2.75, 3.05) is 0 Å². The Balaban J connectivity index is 2.96. The molecule has 1 heterocycles. The van der Waals surface area contributed by atoms with Crippen LogP contribution in [-0.4, -0.2) is 11.3 Å². The van der Waals surface area contributed by atoms with E-state index in [9.17, 15) is 4.79 Å². The fourth-order valence-corrected chi connectivity index (χ4v) is 2.13. The summed E-state index contributed by atoms with van der Waals surface area (Å²) in [6.07, 6.45) is 0.756. The topological polar surface area (TPSA) is 32.9 Å². The summed E-state index contributed by atoms with van der Waals surface area (Å²) < 4.78 is 0.871. The molecule has 0 atom stereocenters. The van der Waals surface area contributed by atoms with E-state index in [1.54, 1.807) is 0 Å². The van der Waals surface area contributed by atoms with Gasteiger partial charge in [0.15, 0.2) is 6.29 Å². The number of hydrogen-bond donors (Lipinski definition) is 1. The molecule has 0 unspecified atom stereocenters. The van der Waals surface area contributed by atoms with Crippen molar-refractivity contribution < 1.29 is 4.79 Å². The van der Waals surface area contributed by atoms with Crippen LogP contribution in [0.2, 0.25) is 5.15 Å². The molecule has 0 bridgehead atoms. The Morgan fingerprint density at radius 1 is 1.46 bits per heavy atom. The molecule has 4 heteroatoms. The highest BCUT2D eigenvalue weighted by atomic mass is 79.9. The molecule has 66 valence electrons. The van der Waals surface area contributed by atoms with Crippen LogP contribution in [0.4, 0.5) is 0 Å². The van der Waals surface area contributed by atoms with Crippen molar-refractivity contribution in [1.82, 2.24) is 4.98 Å². The van der Waals surface area contributed by atoms with E-state index in [1.807, 2.05) is 18.2 Å². The zero-order chi connectivity index (χ0) is 9.42. The predicted molar refractivity (Wildman–Crippen MR) is 56.4 cm³/mol. The van der Waals surface area contributed by atoms with E-state index in [-0.39, 0.29) is 0 Å². The first-order chi connectivity index (χ1) is 6.24. The summed E-state index contributed by atoms with van der Waals surface area (Å²) in [4.78, 5) is 13.7. The molecule has 2 aromatic rings. The molecule has 13 heavy (non-hydrogen) atoms. The van der Waals surface area contributed by atoms with Gasteiger partial charge in [-0.25, -0.2) is 0 Å². The van der Waals surface area contributed by atoms with E-state index >= 15 is 0 Å². The van der Waals surface area contributed by atoms with Crippen molar-refractivity contribution in [2.24, 2.45) is 0 Å². The van der Waals surface area contributed by atoms with Gasteiger partial charge in [-0.3, -0.25) is 4.79 Å². The summed E-state index contributed by atoms with van der Waals surface area (Å²) in [5, 5.41) is 1.22. The number of rotatable bonds is 1. The van der Waals surface area contributed by atoms with Gasteiger partial charge in [0.05, 0.1) is 5.56 Å². The summed E-state index contributed by atoms with van der Waals surface area (Å²) in [5.41, 5.74) is 1.37. The second kappa shape index (κ2) is 3.16. The van der Waals surface area contributed by atoms with Gasteiger partial charge < -0.3 is 4.98 Å². The van der Waals surface area contributed by atoms with Gasteiger partial charge in [0.2, 0.25) is 0 Å². The number of halogens is 2. The van der Waals surface area contributed by atoms with Gasteiger partial charge in [-0.15, -0.1) is 0 Å². The molecule has 0 amide bonds. The second-order valence-electron chi connectivity index (χ2n) is 2.63. The lowest BCUT2D eigenvalue weighted by Crippen LogP contribution is -1.77. The SMILES string of the molecule is O=Cc1c(Cl)[nH]c2cccc(Br)c12. The Bertz CT molecular complexity index is 478. The van der Waals surface area contributed by atoms with Crippen LogP contribution in [0.15, 0.2) is 22.7 Å². The third-order valence-electron chi connectivity index (χ3n) is 1.88. The van der Waals surface area contributed by atoms with E-state index in [1.165, 1.54) is 0 Å². The first-order valence-electron chi connectivity index (χ1n) is 3.65. The largest absolute Gasteiger partial charge is 0.345 e. The second-order valence-corrected chi connectivity index (χ2v) is 3.87. The summed E-state index contributed by atoms with van der Waals surface area (Å²) in [5.74, 6) is 0. The number of benzene rings is 1. The molecule has 0 radical (unpaired) electrons. The smallest absolute Gasteiger partial charge is 0.153 e. The third-order valence-corrected chi connectivity index (χ3v) is 2.84. The van der Waals surface area contributed by atoms with Crippen molar-refractivity contribution in [3.05, 3.63) is 33.4 Å². The minimum atomic E-state index is 0.386. The van der Waals surface area contributed by atoms with Crippen LogP contribution < -0.4 is 0 Å². The molecule has 1 N–H and O–H groups in total.